The van der Waals surface area contributed by atoms with E-state index in [-0.39, 0.29) is 12.6 Å². The first kappa shape index (κ1) is 17.4. The predicted octanol–water partition coefficient (Wildman–Crippen LogP) is 1.55. The molecule has 4 rings (SSSR count). The lowest BCUT2D eigenvalue weighted by Crippen LogP contribution is -2.35. The highest BCUT2D eigenvalue weighted by Gasteiger charge is 2.25. The Morgan fingerprint density at radius 2 is 1.88 bits per heavy atom. The molecule has 2 aliphatic rings. The fourth-order valence-electron chi connectivity index (χ4n) is 4.21. The van der Waals surface area contributed by atoms with Gasteiger partial charge in [0, 0.05) is 56.5 Å². The molecule has 2 aromatic heterocycles. The molecular formula is C19H28N6O. The molecule has 2 saturated heterocycles. The SMILES string of the molecule is OC[C@@H]1CCCN1Cc1cn(CC2CCN(c3ccncc3)CC2)nn1. The van der Waals surface area contributed by atoms with Gasteiger partial charge in [0.05, 0.1) is 12.3 Å². The second-order valence-electron chi connectivity index (χ2n) is 7.52. The Bertz CT molecular complexity index is 682. The first-order valence-electron chi connectivity index (χ1n) is 9.70. The minimum atomic E-state index is 0.240. The van der Waals surface area contributed by atoms with Crippen LogP contribution < -0.4 is 4.90 Å². The van der Waals surface area contributed by atoms with E-state index in [4.69, 9.17) is 0 Å². The molecule has 0 unspecified atom stereocenters. The summed E-state index contributed by atoms with van der Waals surface area (Å²) in [5.41, 5.74) is 2.28. The van der Waals surface area contributed by atoms with Crippen molar-refractivity contribution in [1.82, 2.24) is 24.9 Å². The zero-order chi connectivity index (χ0) is 17.8. The summed E-state index contributed by atoms with van der Waals surface area (Å²) in [5.74, 6) is 0.652. The van der Waals surface area contributed by atoms with Gasteiger partial charge in [-0.1, -0.05) is 5.21 Å². The molecule has 7 heteroatoms. The number of aliphatic hydroxyl groups excluding tert-OH is 1. The van der Waals surface area contributed by atoms with Crippen LogP contribution in [0.1, 0.15) is 31.4 Å². The summed E-state index contributed by atoms with van der Waals surface area (Å²) in [6.45, 7) is 5.20. The van der Waals surface area contributed by atoms with E-state index < -0.39 is 0 Å². The lowest BCUT2D eigenvalue weighted by atomic mass is 9.96. The number of pyridine rings is 1. The van der Waals surface area contributed by atoms with Gasteiger partial charge in [0.1, 0.15) is 0 Å². The molecular weight excluding hydrogens is 328 g/mol. The number of aliphatic hydroxyl groups is 1. The fraction of sp³-hybridized carbons (Fsp3) is 0.632. The normalized spacial score (nSPS) is 22.2. The van der Waals surface area contributed by atoms with Crippen LogP contribution in [0.5, 0.6) is 0 Å². The Balaban J connectivity index is 1.27. The van der Waals surface area contributed by atoms with Crippen LogP contribution in [0, 0.1) is 5.92 Å². The Hall–Kier alpha value is -1.99. The van der Waals surface area contributed by atoms with Crippen molar-refractivity contribution in [3.63, 3.8) is 0 Å². The number of hydrogen-bond donors (Lipinski definition) is 1. The number of nitrogens with zero attached hydrogens (tertiary/aromatic N) is 6. The smallest absolute Gasteiger partial charge is 0.0967 e. The third-order valence-corrected chi connectivity index (χ3v) is 5.75. The third kappa shape index (κ3) is 4.04. The summed E-state index contributed by atoms with van der Waals surface area (Å²) in [6, 6.07) is 4.46. The van der Waals surface area contributed by atoms with Crippen LogP contribution in [0.25, 0.3) is 0 Å². The van der Waals surface area contributed by atoms with Crippen LogP contribution in [-0.2, 0) is 13.1 Å². The van der Waals surface area contributed by atoms with Gasteiger partial charge in [-0.05, 0) is 50.3 Å². The quantitative estimate of drug-likeness (QED) is 0.847. The molecule has 0 spiro atoms. The molecule has 1 N–H and O–H groups in total. The number of likely N-dealkylation sites (tertiary alicyclic amines) is 1. The van der Waals surface area contributed by atoms with Gasteiger partial charge in [-0.3, -0.25) is 14.6 Å². The molecule has 0 amide bonds. The first-order valence-corrected chi connectivity index (χ1v) is 9.70. The largest absolute Gasteiger partial charge is 0.395 e. The topological polar surface area (TPSA) is 70.3 Å². The first-order chi connectivity index (χ1) is 12.8. The maximum absolute atomic E-state index is 9.45. The van der Waals surface area contributed by atoms with Gasteiger partial charge in [0.15, 0.2) is 0 Å². The minimum Gasteiger partial charge on any atom is -0.395 e. The number of hydrogen-bond acceptors (Lipinski definition) is 6. The van der Waals surface area contributed by atoms with Gasteiger partial charge >= 0.3 is 0 Å². The van der Waals surface area contributed by atoms with Crippen molar-refractivity contribution in [2.75, 3.05) is 31.1 Å². The van der Waals surface area contributed by atoms with Gasteiger partial charge < -0.3 is 10.0 Å². The van der Waals surface area contributed by atoms with E-state index in [1.54, 1.807) is 0 Å². The second-order valence-corrected chi connectivity index (χ2v) is 7.52. The third-order valence-electron chi connectivity index (χ3n) is 5.75. The zero-order valence-electron chi connectivity index (χ0n) is 15.2. The van der Waals surface area contributed by atoms with E-state index in [0.717, 1.165) is 51.3 Å². The minimum absolute atomic E-state index is 0.240. The van der Waals surface area contributed by atoms with Crippen molar-refractivity contribution in [3.8, 4) is 0 Å². The summed E-state index contributed by atoms with van der Waals surface area (Å²) in [6.07, 6.45) is 10.4. The molecule has 2 aromatic rings. The van der Waals surface area contributed by atoms with Crippen LogP contribution in [0.3, 0.4) is 0 Å². The van der Waals surface area contributed by atoms with Crippen molar-refractivity contribution < 1.29 is 5.11 Å². The second kappa shape index (κ2) is 8.14. The summed E-state index contributed by atoms with van der Waals surface area (Å²) >= 11 is 0. The highest BCUT2D eigenvalue weighted by molar-refractivity contribution is 5.44. The summed E-state index contributed by atoms with van der Waals surface area (Å²) in [5, 5.41) is 18.1. The molecule has 0 bridgehead atoms. The van der Waals surface area contributed by atoms with Gasteiger partial charge in [0.25, 0.3) is 0 Å². The van der Waals surface area contributed by atoms with E-state index in [1.165, 1.54) is 18.5 Å². The average molecular weight is 356 g/mol. The number of rotatable bonds is 6. The molecule has 7 nitrogen and oxygen atoms in total. The fourth-order valence-corrected chi connectivity index (χ4v) is 4.21. The van der Waals surface area contributed by atoms with E-state index in [0.29, 0.717) is 5.92 Å². The number of anilines is 1. The molecule has 26 heavy (non-hydrogen) atoms. The molecule has 0 aromatic carbocycles. The zero-order valence-corrected chi connectivity index (χ0v) is 15.2. The predicted molar refractivity (Wildman–Crippen MR) is 99.7 cm³/mol. The van der Waals surface area contributed by atoms with Crippen molar-refractivity contribution in [2.24, 2.45) is 5.92 Å². The standard InChI is InChI=1S/C19H28N6O/c26-15-19-2-1-9-24(19)13-17-14-25(22-21-17)12-16-5-10-23(11-6-16)18-3-7-20-8-4-18/h3-4,7-8,14,16,19,26H,1-2,5-6,9-13,15H2/t19-/m0/s1. The highest BCUT2D eigenvalue weighted by atomic mass is 16.3. The Morgan fingerprint density at radius 3 is 2.65 bits per heavy atom. The van der Waals surface area contributed by atoms with Crippen molar-refractivity contribution in [2.45, 2.75) is 44.8 Å². The monoisotopic (exact) mass is 356 g/mol. The molecule has 2 fully saturated rings. The molecule has 1 atom stereocenters. The Morgan fingerprint density at radius 1 is 1.08 bits per heavy atom. The van der Waals surface area contributed by atoms with Crippen LogP contribution in [0.15, 0.2) is 30.7 Å². The van der Waals surface area contributed by atoms with E-state index in [1.807, 2.05) is 17.1 Å². The summed E-state index contributed by atoms with van der Waals surface area (Å²) in [7, 11) is 0. The maximum Gasteiger partial charge on any atom is 0.0967 e. The molecule has 0 saturated carbocycles. The van der Waals surface area contributed by atoms with Gasteiger partial charge in [-0.2, -0.15) is 0 Å². The Labute approximate surface area is 154 Å². The van der Waals surface area contributed by atoms with Gasteiger partial charge in [-0.25, -0.2) is 0 Å². The van der Waals surface area contributed by atoms with Gasteiger partial charge in [-0.15, -0.1) is 5.10 Å². The Kier molecular flexibility index (Phi) is 5.45. The number of aromatic nitrogens is 4. The highest BCUT2D eigenvalue weighted by Crippen LogP contribution is 2.24. The van der Waals surface area contributed by atoms with Gasteiger partial charge in [0.2, 0.25) is 0 Å². The van der Waals surface area contributed by atoms with E-state index in [9.17, 15) is 5.11 Å². The number of piperidine rings is 1. The molecule has 0 aliphatic carbocycles. The van der Waals surface area contributed by atoms with E-state index in [2.05, 4.69) is 43.4 Å². The van der Waals surface area contributed by atoms with Crippen LogP contribution in [-0.4, -0.2) is 62.3 Å². The van der Waals surface area contributed by atoms with Crippen molar-refractivity contribution >= 4 is 5.69 Å². The van der Waals surface area contributed by atoms with Crippen LogP contribution >= 0.6 is 0 Å². The molecule has 2 aliphatic heterocycles. The van der Waals surface area contributed by atoms with E-state index >= 15 is 0 Å². The van der Waals surface area contributed by atoms with Crippen LogP contribution in [0.2, 0.25) is 0 Å². The average Bonchev–Trinajstić information content (AvgIpc) is 3.32. The van der Waals surface area contributed by atoms with Crippen molar-refractivity contribution in [1.29, 1.82) is 0 Å². The summed E-state index contributed by atoms with van der Waals surface area (Å²) in [4.78, 5) is 8.86. The van der Waals surface area contributed by atoms with Crippen LogP contribution in [0.4, 0.5) is 5.69 Å². The molecule has 140 valence electrons. The maximum atomic E-state index is 9.45. The lowest BCUT2D eigenvalue weighted by molar-refractivity contribution is 0.152. The molecule has 0 radical (unpaired) electrons. The molecule has 4 heterocycles. The van der Waals surface area contributed by atoms with Crippen molar-refractivity contribution in [3.05, 3.63) is 36.4 Å². The summed E-state index contributed by atoms with van der Waals surface area (Å²) < 4.78 is 2.01. The lowest BCUT2D eigenvalue weighted by Gasteiger charge is -2.33.